The van der Waals surface area contributed by atoms with Gasteiger partial charge >= 0.3 is 0 Å². The van der Waals surface area contributed by atoms with Gasteiger partial charge in [0.05, 0.1) is 0 Å². The van der Waals surface area contributed by atoms with Crippen LogP contribution >= 0.6 is 0 Å². The zero-order chi connectivity index (χ0) is 10.3. The molecule has 1 aliphatic carbocycles. The van der Waals surface area contributed by atoms with Crippen LogP contribution in [0.3, 0.4) is 0 Å². The molecule has 0 unspecified atom stereocenters. The van der Waals surface area contributed by atoms with Gasteiger partial charge in [0.2, 0.25) is 0 Å². The lowest BCUT2D eigenvalue weighted by Crippen LogP contribution is -2.17. The largest absolute Gasteiger partial charge is 0.396 e. The van der Waals surface area contributed by atoms with Crippen molar-refractivity contribution in [3.8, 4) is 0 Å². The fourth-order valence-corrected chi connectivity index (χ4v) is 2.60. The third-order valence-electron chi connectivity index (χ3n) is 3.43. The number of aliphatic hydroxyl groups excluding tert-OH is 1. The highest BCUT2D eigenvalue weighted by Crippen LogP contribution is 2.28. The van der Waals surface area contributed by atoms with Crippen molar-refractivity contribution in [2.45, 2.75) is 19.3 Å². The number of aryl methyl sites for hydroxylation is 1. The maximum atomic E-state index is 9.18. The summed E-state index contributed by atoms with van der Waals surface area (Å²) >= 11 is 0. The summed E-state index contributed by atoms with van der Waals surface area (Å²) < 4.78 is 2.28. The normalized spacial score (nSPS) is 20.5. The molecule has 2 heteroatoms. The van der Waals surface area contributed by atoms with Gasteiger partial charge in [-0.2, -0.15) is 0 Å². The molecular weight excluding hydrogens is 186 g/mol. The number of pyridine rings is 1. The van der Waals surface area contributed by atoms with Crippen LogP contribution in [-0.4, -0.2) is 16.1 Å². The number of hydrogen-bond acceptors (Lipinski definition) is 1. The fourth-order valence-electron chi connectivity index (χ4n) is 2.60. The summed E-state index contributed by atoms with van der Waals surface area (Å²) in [6.45, 7) is 0.325. The standard InChI is InChI=1S/C13H15NO/c15-9-10-4-5-13-11(7-10)8-12-3-1-2-6-14(12)13/h1-3,6,8,10,15H,4-5,7,9H2/t10-/m0/s1. The van der Waals surface area contributed by atoms with Gasteiger partial charge in [-0.3, -0.25) is 0 Å². The predicted molar refractivity (Wildman–Crippen MR) is 60.0 cm³/mol. The first-order chi connectivity index (χ1) is 7.38. The van der Waals surface area contributed by atoms with Gasteiger partial charge in [-0.1, -0.05) is 6.07 Å². The topological polar surface area (TPSA) is 24.6 Å². The minimum absolute atomic E-state index is 0.325. The minimum Gasteiger partial charge on any atom is -0.396 e. The van der Waals surface area contributed by atoms with E-state index in [0.29, 0.717) is 12.5 Å². The van der Waals surface area contributed by atoms with Crippen LogP contribution in [0.5, 0.6) is 0 Å². The van der Waals surface area contributed by atoms with Gasteiger partial charge in [0.15, 0.2) is 0 Å². The molecule has 1 aliphatic rings. The van der Waals surface area contributed by atoms with Crippen molar-refractivity contribution in [3.63, 3.8) is 0 Å². The SMILES string of the molecule is OC[C@H]1CCc2c(cc3ccccn23)C1. The molecule has 2 heterocycles. The highest BCUT2D eigenvalue weighted by atomic mass is 16.3. The summed E-state index contributed by atoms with van der Waals surface area (Å²) in [7, 11) is 0. The Balaban J connectivity index is 2.12. The van der Waals surface area contributed by atoms with Crippen molar-refractivity contribution < 1.29 is 5.11 Å². The molecule has 15 heavy (non-hydrogen) atoms. The van der Waals surface area contributed by atoms with Crippen molar-refractivity contribution in [2.24, 2.45) is 5.92 Å². The monoisotopic (exact) mass is 201 g/mol. The molecule has 0 amide bonds. The highest BCUT2D eigenvalue weighted by molar-refractivity contribution is 5.54. The summed E-state index contributed by atoms with van der Waals surface area (Å²) in [4.78, 5) is 0. The van der Waals surface area contributed by atoms with Gasteiger partial charge in [0.1, 0.15) is 0 Å². The van der Waals surface area contributed by atoms with Crippen molar-refractivity contribution in [1.29, 1.82) is 0 Å². The Kier molecular flexibility index (Phi) is 2.03. The molecule has 3 rings (SSSR count). The van der Waals surface area contributed by atoms with Crippen LogP contribution in [0, 0.1) is 5.92 Å². The molecule has 2 aromatic heterocycles. The molecule has 0 radical (unpaired) electrons. The molecule has 2 aromatic rings. The molecule has 1 atom stereocenters. The summed E-state index contributed by atoms with van der Waals surface area (Å²) in [5.74, 6) is 0.468. The Morgan fingerprint density at radius 2 is 2.33 bits per heavy atom. The van der Waals surface area contributed by atoms with E-state index < -0.39 is 0 Å². The lowest BCUT2D eigenvalue weighted by atomic mass is 9.88. The van der Waals surface area contributed by atoms with E-state index in [1.165, 1.54) is 16.8 Å². The van der Waals surface area contributed by atoms with E-state index in [0.717, 1.165) is 19.3 Å². The van der Waals surface area contributed by atoms with E-state index in [4.69, 9.17) is 0 Å². The molecule has 0 bridgehead atoms. The van der Waals surface area contributed by atoms with E-state index in [1.54, 1.807) is 0 Å². The lowest BCUT2D eigenvalue weighted by molar-refractivity contribution is 0.213. The van der Waals surface area contributed by atoms with E-state index in [2.05, 4.69) is 34.9 Å². The van der Waals surface area contributed by atoms with Crippen molar-refractivity contribution in [3.05, 3.63) is 41.7 Å². The molecule has 0 saturated carbocycles. The Morgan fingerprint density at radius 3 is 3.20 bits per heavy atom. The quantitative estimate of drug-likeness (QED) is 0.750. The third-order valence-corrected chi connectivity index (χ3v) is 3.43. The zero-order valence-corrected chi connectivity index (χ0v) is 8.69. The summed E-state index contributed by atoms with van der Waals surface area (Å²) in [5, 5.41) is 9.18. The molecule has 2 nitrogen and oxygen atoms in total. The van der Waals surface area contributed by atoms with Gasteiger partial charge in [0.25, 0.3) is 0 Å². The first kappa shape index (κ1) is 8.98. The summed E-state index contributed by atoms with van der Waals surface area (Å²) in [5.41, 5.74) is 4.14. The Hall–Kier alpha value is -1.28. The lowest BCUT2D eigenvalue weighted by Gasteiger charge is -2.20. The van der Waals surface area contributed by atoms with Crippen LogP contribution < -0.4 is 0 Å². The summed E-state index contributed by atoms with van der Waals surface area (Å²) in [6, 6.07) is 8.55. The van der Waals surface area contributed by atoms with E-state index in [9.17, 15) is 5.11 Å². The Morgan fingerprint density at radius 1 is 1.40 bits per heavy atom. The van der Waals surface area contributed by atoms with Crippen LogP contribution in [0.2, 0.25) is 0 Å². The molecule has 78 valence electrons. The highest BCUT2D eigenvalue weighted by Gasteiger charge is 2.20. The zero-order valence-electron chi connectivity index (χ0n) is 8.69. The van der Waals surface area contributed by atoms with E-state index in [-0.39, 0.29) is 0 Å². The molecule has 1 N–H and O–H groups in total. The van der Waals surface area contributed by atoms with Gasteiger partial charge in [-0.05, 0) is 48.9 Å². The van der Waals surface area contributed by atoms with Gasteiger partial charge in [-0.15, -0.1) is 0 Å². The van der Waals surface area contributed by atoms with Crippen molar-refractivity contribution >= 4 is 5.52 Å². The van der Waals surface area contributed by atoms with E-state index >= 15 is 0 Å². The van der Waals surface area contributed by atoms with Crippen molar-refractivity contribution in [1.82, 2.24) is 4.40 Å². The van der Waals surface area contributed by atoms with E-state index in [1.807, 2.05) is 0 Å². The molecule has 0 spiro atoms. The number of aliphatic hydroxyl groups is 1. The van der Waals surface area contributed by atoms with Crippen LogP contribution in [0.4, 0.5) is 0 Å². The second-order valence-electron chi connectivity index (χ2n) is 4.40. The number of nitrogens with zero attached hydrogens (tertiary/aromatic N) is 1. The fraction of sp³-hybridized carbons (Fsp3) is 0.385. The molecule has 0 aliphatic heterocycles. The summed E-state index contributed by atoms with van der Waals surface area (Å²) in [6.07, 6.45) is 5.38. The van der Waals surface area contributed by atoms with Crippen LogP contribution in [0.1, 0.15) is 17.7 Å². The number of rotatable bonds is 1. The predicted octanol–water partition coefficient (Wildman–Crippen LogP) is 2.04. The molecule has 0 aromatic carbocycles. The minimum atomic E-state index is 0.325. The Labute approximate surface area is 89.2 Å². The van der Waals surface area contributed by atoms with Gasteiger partial charge in [0, 0.05) is 24.0 Å². The van der Waals surface area contributed by atoms with Gasteiger partial charge in [-0.25, -0.2) is 0 Å². The molecule has 0 saturated heterocycles. The second kappa shape index (κ2) is 3.38. The van der Waals surface area contributed by atoms with Crippen LogP contribution in [0.25, 0.3) is 5.52 Å². The smallest absolute Gasteiger partial charge is 0.0462 e. The first-order valence-corrected chi connectivity index (χ1v) is 5.57. The first-order valence-electron chi connectivity index (χ1n) is 5.57. The number of fused-ring (bicyclic) bond motifs is 3. The number of aromatic nitrogens is 1. The average molecular weight is 201 g/mol. The molecular formula is C13H15NO. The van der Waals surface area contributed by atoms with Gasteiger partial charge < -0.3 is 9.51 Å². The van der Waals surface area contributed by atoms with Crippen LogP contribution in [-0.2, 0) is 12.8 Å². The number of hydrogen-bond donors (Lipinski definition) is 1. The Bertz CT molecular complexity index is 486. The maximum absolute atomic E-state index is 9.18. The van der Waals surface area contributed by atoms with Crippen molar-refractivity contribution in [2.75, 3.05) is 6.61 Å². The maximum Gasteiger partial charge on any atom is 0.0462 e. The third kappa shape index (κ3) is 1.37. The average Bonchev–Trinajstić information content (AvgIpc) is 2.66. The second-order valence-corrected chi connectivity index (χ2v) is 4.40. The molecule has 0 fully saturated rings. The van der Waals surface area contributed by atoms with Crippen LogP contribution in [0.15, 0.2) is 30.5 Å².